The van der Waals surface area contributed by atoms with Crippen LogP contribution >= 0.6 is 0 Å². The molecule has 2 aromatic carbocycles. The van der Waals surface area contributed by atoms with Gasteiger partial charge in [-0.2, -0.15) is 0 Å². The van der Waals surface area contributed by atoms with Crippen LogP contribution in [-0.4, -0.2) is 25.0 Å². The summed E-state index contributed by atoms with van der Waals surface area (Å²) in [6, 6.07) is 15.4. The molecule has 1 amide bonds. The lowest BCUT2D eigenvalue weighted by Crippen LogP contribution is -2.26. The molecule has 0 heterocycles. The predicted molar refractivity (Wildman–Crippen MR) is 80.0 cm³/mol. The van der Waals surface area contributed by atoms with Gasteiger partial charge in [-0.25, -0.2) is 0 Å². The monoisotopic (exact) mass is 269 g/mol. The van der Waals surface area contributed by atoms with Crippen molar-refractivity contribution in [2.75, 3.05) is 14.2 Å². The molecule has 0 saturated heterocycles. The average Bonchev–Trinajstić information content (AvgIpc) is 2.48. The standard InChI is InChI=1S/C17H19NO2/c1-13-4-8-15(9-5-13)17(19)18(2)12-14-6-10-16(20-3)11-7-14/h4-11H,12H2,1-3H3. The number of nitrogens with zero attached hydrogens (tertiary/aromatic N) is 1. The maximum absolute atomic E-state index is 12.3. The fraction of sp³-hybridized carbons (Fsp3) is 0.235. The van der Waals surface area contributed by atoms with E-state index in [0.29, 0.717) is 12.1 Å². The number of ether oxygens (including phenoxy) is 1. The van der Waals surface area contributed by atoms with E-state index in [1.165, 1.54) is 0 Å². The number of rotatable bonds is 4. The third kappa shape index (κ3) is 3.38. The van der Waals surface area contributed by atoms with Crippen molar-refractivity contribution in [2.45, 2.75) is 13.5 Å². The van der Waals surface area contributed by atoms with Crippen LogP contribution in [0.15, 0.2) is 48.5 Å². The molecule has 2 aromatic rings. The second-order valence-corrected chi connectivity index (χ2v) is 4.88. The van der Waals surface area contributed by atoms with Crippen molar-refractivity contribution in [1.82, 2.24) is 4.90 Å². The minimum atomic E-state index is 0.0285. The molecule has 0 aromatic heterocycles. The first-order chi connectivity index (χ1) is 9.60. The van der Waals surface area contributed by atoms with E-state index in [1.807, 2.05) is 62.5 Å². The highest BCUT2D eigenvalue weighted by molar-refractivity contribution is 5.94. The van der Waals surface area contributed by atoms with E-state index in [-0.39, 0.29) is 5.91 Å². The molecular weight excluding hydrogens is 250 g/mol. The molecule has 0 spiro atoms. The lowest BCUT2D eigenvalue weighted by atomic mass is 10.1. The summed E-state index contributed by atoms with van der Waals surface area (Å²) in [5.41, 5.74) is 2.94. The molecule has 0 N–H and O–H groups in total. The molecule has 104 valence electrons. The highest BCUT2D eigenvalue weighted by atomic mass is 16.5. The maximum atomic E-state index is 12.3. The van der Waals surface area contributed by atoms with E-state index < -0.39 is 0 Å². The van der Waals surface area contributed by atoms with E-state index in [0.717, 1.165) is 16.9 Å². The van der Waals surface area contributed by atoms with Gasteiger partial charge >= 0.3 is 0 Å². The summed E-state index contributed by atoms with van der Waals surface area (Å²) in [5.74, 6) is 0.849. The summed E-state index contributed by atoms with van der Waals surface area (Å²) >= 11 is 0. The van der Waals surface area contributed by atoms with Crippen LogP contribution in [0.2, 0.25) is 0 Å². The van der Waals surface area contributed by atoms with Crippen LogP contribution in [0.3, 0.4) is 0 Å². The van der Waals surface area contributed by atoms with Crippen LogP contribution in [0.5, 0.6) is 5.75 Å². The third-order valence-electron chi connectivity index (χ3n) is 3.22. The van der Waals surface area contributed by atoms with Crippen LogP contribution < -0.4 is 4.74 Å². The second kappa shape index (κ2) is 6.24. The molecule has 0 bridgehead atoms. The van der Waals surface area contributed by atoms with Crippen molar-refractivity contribution in [3.8, 4) is 5.75 Å². The topological polar surface area (TPSA) is 29.5 Å². The Morgan fingerprint density at radius 1 is 1.05 bits per heavy atom. The highest BCUT2D eigenvalue weighted by Gasteiger charge is 2.11. The zero-order chi connectivity index (χ0) is 14.5. The fourth-order valence-corrected chi connectivity index (χ4v) is 1.99. The molecular formula is C17H19NO2. The number of hydrogen-bond donors (Lipinski definition) is 0. The Balaban J connectivity index is 2.04. The molecule has 0 unspecified atom stereocenters. The fourth-order valence-electron chi connectivity index (χ4n) is 1.99. The van der Waals surface area contributed by atoms with Gasteiger partial charge < -0.3 is 9.64 Å². The Kier molecular flexibility index (Phi) is 4.41. The molecule has 0 radical (unpaired) electrons. The van der Waals surface area contributed by atoms with E-state index >= 15 is 0 Å². The number of methoxy groups -OCH3 is 1. The summed E-state index contributed by atoms with van der Waals surface area (Å²) in [6.45, 7) is 2.59. The SMILES string of the molecule is COc1ccc(CN(C)C(=O)c2ccc(C)cc2)cc1. The van der Waals surface area contributed by atoms with Gasteiger partial charge in [0.2, 0.25) is 0 Å². The summed E-state index contributed by atoms with van der Waals surface area (Å²) < 4.78 is 5.12. The Hall–Kier alpha value is -2.29. The van der Waals surface area contributed by atoms with Gasteiger partial charge in [-0.15, -0.1) is 0 Å². The molecule has 3 nitrogen and oxygen atoms in total. The van der Waals surface area contributed by atoms with Gasteiger partial charge in [-0.1, -0.05) is 29.8 Å². The first-order valence-corrected chi connectivity index (χ1v) is 6.55. The molecule has 3 heteroatoms. The largest absolute Gasteiger partial charge is 0.497 e. The number of carbonyl (C=O) groups excluding carboxylic acids is 1. The number of hydrogen-bond acceptors (Lipinski definition) is 2. The van der Waals surface area contributed by atoms with Crippen molar-refractivity contribution in [3.63, 3.8) is 0 Å². The van der Waals surface area contributed by atoms with Crippen molar-refractivity contribution < 1.29 is 9.53 Å². The molecule has 2 rings (SSSR count). The van der Waals surface area contributed by atoms with Gasteiger partial charge in [0, 0.05) is 19.2 Å². The van der Waals surface area contributed by atoms with Crippen LogP contribution in [0.1, 0.15) is 21.5 Å². The predicted octanol–water partition coefficient (Wildman–Crippen LogP) is 3.28. The smallest absolute Gasteiger partial charge is 0.253 e. The van der Waals surface area contributed by atoms with Crippen molar-refractivity contribution in [3.05, 3.63) is 65.2 Å². The van der Waals surface area contributed by atoms with Crippen molar-refractivity contribution in [2.24, 2.45) is 0 Å². The van der Waals surface area contributed by atoms with E-state index in [9.17, 15) is 4.79 Å². The van der Waals surface area contributed by atoms with Gasteiger partial charge in [0.1, 0.15) is 5.75 Å². The van der Waals surface area contributed by atoms with Gasteiger partial charge in [0.15, 0.2) is 0 Å². The van der Waals surface area contributed by atoms with Gasteiger partial charge in [0.25, 0.3) is 5.91 Å². The van der Waals surface area contributed by atoms with Crippen molar-refractivity contribution in [1.29, 1.82) is 0 Å². The second-order valence-electron chi connectivity index (χ2n) is 4.88. The molecule has 0 aliphatic carbocycles. The van der Waals surface area contributed by atoms with Gasteiger partial charge in [-0.3, -0.25) is 4.79 Å². The van der Waals surface area contributed by atoms with E-state index in [1.54, 1.807) is 12.0 Å². The molecule has 0 atom stereocenters. The van der Waals surface area contributed by atoms with Gasteiger partial charge in [0.05, 0.1) is 7.11 Å². The lowest BCUT2D eigenvalue weighted by Gasteiger charge is -2.17. The summed E-state index contributed by atoms with van der Waals surface area (Å²) in [7, 11) is 3.45. The quantitative estimate of drug-likeness (QED) is 0.852. The molecule has 0 aliphatic rings. The minimum absolute atomic E-state index is 0.0285. The molecule has 0 fully saturated rings. The molecule has 0 aliphatic heterocycles. The Labute approximate surface area is 119 Å². The molecule has 20 heavy (non-hydrogen) atoms. The number of amides is 1. The third-order valence-corrected chi connectivity index (χ3v) is 3.22. The Bertz CT molecular complexity index is 573. The van der Waals surface area contributed by atoms with Crippen LogP contribution in [0.25, 0.3) is 0 Å². The average molecular weight is 269 g/mol. The van der Waals surface area contributed by atoms with E-state index in [2.05, 4.69) is 0 Å². The summed E-state index contributed by atoms with van der Waals surface area (Å²) in [5, 5.41) is 0. The van der Waals surface area contributed by atoms with E-state index in [4.69, 9.17) is 4.74 Å². The zero-order valence-electron chi connectivity index (χ0n) is 12.1. The highest BCUT2D eigenvalue weighted by Crippen LogP contribution is 2.14. The van der Waals surface area contributed by atoms with Crippen LogP contribution in [0, 0.1) is 6.92 Å². The summed E-state index contributed by atoms with van der Waals surface area (Å²) in [6.07, 6.45) is 0. The summed E-state index contributed by atoms with van der Waals surface area (Å²) in [4.78, 5) is 14.0. The Morgan fingerprint density at radius 3 is 2.20 bits per heavy atom. The van der Waals surface area contributed by atoms with Crippen molar-refractivity contribution >= 4 is 5.91 Å². The Morgan fingerprint density at radius 2 is 1.65 bits per heavy atom. The van der Waals surface area contributed by atoms with Crippen LogP contribution in [0.4, 0.5) is 0 Å². The molecule has 0 saturated carbocycles. The first kappa shape index (κ1) is 14.1. The zero-order valence-corrected chi connectivity index (χ0v) is 12.1. The lowest BCUT2D eigenvalue weighted by molar-refractivity contribution is 0.0785. The number of benzene rings is 2. The van der Waals surface area contributed by atoms with Crippen LogP contribution in [-0.2, 0) is 6.54 Å². The maximum Gasteiger partial charge on any atom is 0.253 e. The first-order valence-electron chi connectivity index (χ1n) is 6.55. The minimum Gasteiger partial charge on any atom is -0.497 e. The number of aryl methyl sites for hydroxylation is 1. The normalized spacial score (nSPS) is 10.2. The van der Waals surface area contributed by atoms with Gasteiger partial charge in [-0.05, 0) is 36.8 Å². The number of carbonyl (C=O) groups is 1.